The van der Waals surface area contributed by atoms with Gasteiger partial charge in [0.05, 0.1) is 16.9 Å². The van der Waals surface area contributed by atoms with Crippen LogP contribution in [0.25, 0.3) is 0 Å². The van der Waals surface area contributed by atoms with Crippen LogP contribution < -0.4 is 10.3 Å². The largest absolute Gasteiger partial charge is 0.416 e. The molecule has 0 spiro atoms. The first-order valence-electron chi connectivity index (χ1n) is 5.07. The summed E-state index contributed by atoms with van der Waals surface area (Å²) in [7, 11) is 7.01. The molecule has 96 valence electrons. The highest BCUT2D eigenvalue weighted by molar-refractivity contribution is 5.70. The van der Waals surface area contributed by atoms with E-state index in [1.165, 1.54) is 6.07 Å². The SMILES string of the molecule is CNc1cc(C(F)(F)F)ccc1N(C)N(C)C. The number of rotatable bonds is 3. The first-order chi connectivity index (χ1) is 7.77. The van der Waals surface area contributed by atoms with E-state index >= 15 is 0 Å². The molecule has 1 N–H and O–H groups in total. The van der Waals surface area contributed by atoms with Crippen molar-refractivity contribution in [2.24, 2.45) is 0 Å². The van der Waals surface area contributed by atoms with Crippen LogP contribution in [0.3, 0.4) is 0 Å². The van der Waals surface area contributed by atoms with E-state index < -0.39 is 11.7 Å². The summed E-state index contributed by atoms with van der Waals surface area (Å²) in [6, 6.07) is 3.64. The van der Waals surface area contributed by atoms with Crippen LogP contribution in [0.4, 0.5) is 24.5 Å². The number of hydrazine groups is 1. The van der Waals surface area contributed by atoms with E-state index in [-0.39, 0.29) is 0 Å². The minimum atomic E-state index is -4.32. The molecule has 17 heavy (non-hydrogen) atoms. The molecule has 1 aromatic rings. The Hall–Kier alpha value is -1.43. The van der Waals surface area contributed by atoms with Crippen molar-refractivity contribution < 1.29 is 13.2 Å². The van der Waals surface area contributed by atoms with Gasteiger partial charge in [-0.05, 0) is 18.2 Å². The molecule has 0 amide bonds. The summed E-state index contributed by atoms with van der Waals surface area (Å²) in [4.78, 5) is 0. The molecular formula is C11H16F3N3. The van der Waals surface area contributed by atoms with Crippen LogP contribution in [0.5, 0.6) is 0 Å². The van der Waals surface area contributed by atoms with Gasteiger partial charge < -0.3 is 10.3 Å². The van der Waals surface area contributed by atoms with Crippen molar-refractivity contribution in [3.05, 3.63) is 23.8 Å². The van der Waals surface area contributed by atoms with E-state index in [2.05, 4.69) is 5.32 Å². The highest BCUT2D eigenvalue weighted by Crippen LogP contribution is 2.35. The van der Waals surface area contributed by atoms with Crippen LogP contribution in [0, 0.1) is 0 Å². The lowest BCUT2D eigenvalue weighted by Gasteiger charge is -2.28. The molecular weight excluding hydrogens is 231 g/mol. The summed E-state index contributed by atoms with van der Waals surface area (Å²) in [6.07, 6.45) is -4.32. The Kier molecular flexibility index (Phi) is 3.87. The third kappa shape index (κ3) is 3.03. The van der Waals surface area contributed by atoms with Gasteiger partial charge in [-0.1, -0.05) is 0 Å². The normalized spacial score (nSPS) is 11.8. The molecule has 0 fully saturated rings. The predicted octanol–water partition coefficient (Wildman–Crippen LogP) is 2.66. The molecule has 0 bridgehead atoms. The van der Waals surface area contributed by atoms with E-state index in [1.54, 1.807) is 24.1 Å². The number of nitrogens with zero attached hydrogens (tertiary/aromatic N) is 2. The average molecular weight is 247 g/mol. The average Bonchev–Trinajstić information content (AvgIpc) is 2.25. The van der Waals surface area contributed by atoms with Crippen molar-refractivity contribution in [1.29, 1.82) is 0 Å². The summed E-state index contributed by atoms with van der Waals surface area (Å²) < 4.78 is 37.6. The second-order valence-electron chi connectivity index (χ2n) is 3.85. The van der Waals surface area contributed by atoms with Crippen LogP contribution in [0.2, 0.25) is 0 Å². The lowest BCUT2D eigenvalue weighted by molar-refractivity contribution is -0.137. The van der Waals surface area contributed by atoms with Gasteiger partial charge in [0.25, 0.3) is 0 Å². The zero-order valence-corrected chi connectivity index (χ0v) is 10.3. The molecule has 0 saturated carbocycles. The molecule has 0 atom stereocenters. The summed E-state index contributed by atoms with van der Waals surface area (Å²) in [5, 5.41) is 6.31. The van der Waals surface area contributed by atoms with E-state index in [0.29, 0.717) is 11.4 Å². The van der Waals surface area contributed by atoms with Gasteiger partial charge in [-0.25, -0.2) is 5.01 Å². The summed E-state index contributed by atoms with van der Waals surface area (Å²) in [6.45, 7) is 0. The molecule has 0 unspecified atom stereocenters. The van der Waals surface area contributed by atoms with Crippen molar-refractivity contribution in [2.45, 2.75) is 6.18 Å². The zero-order valence-electron chi connectivity index (χ0n) is 10.3. The quantitative estimate of drug-likeness (QED) is 0.828. The first kappa shape index (κ1) is 13.6. The minimum absolute atomic E-state index is 0.441. The third-order valence-corrected chi connectivity index (χ3v) is 2.54. The molecule has 0 aliphatic rings. The van der Waals surface area contributed by atoms with Crippen LogP contribution >= 0.6 is 0 Å². The van der Waals surface area contributed by atoms with E-state index in [0.717, 1.165) is 12.1 Å². The molecule has 0 aliphatic heterocycles. The second-order valence-corrected chi connectivity index (χ2v) is 3.85. The molecule has 1 rings (SSSR count). The fourth-order valence-electron chi connectivity index (χ4n) is 1.41. The lowest BCUT2D eigenvalue weighted by atomic mass is 10.1. The van der Waals surface area contributed by atoms with Crippen LogP contribution in [0.1, 0.15) is 5.56 Å². The maximum Gasteiger partial charge on any atom is 0.416 e. The van der Waals surface area contributed by atoms with Crippen LogP contribution in [0.15, 0.2) is 18.2 Å². The Bertz CT molecular complexity index is 388. The fourth-order valence-corrected chi connectivity index (χ4v) is 1.41. The maximum absolute atomic E-state index is 12.5. The summed E-state index contributed by atoms with van der Waals surface area (Å²) >= 11 is 0. The lowest BCUT2D eigenvalue weighted by Crippen LogP contribution is -2.33. The second kappa shape index (κ2) is 4.83. The van der Waals surface area contributed by atoms with E-state index in [1.807, 2.05) is 14.1 Å². The van der Waals surface area contributed by atoms with Crippen molar-refractivity contribution in [1.82, 2.24) is 5.01 Å². The highest BCUT2D eigenvalue weighted by Gasteiger charge is 2.31. The van der Waals surface area contributed by atoms with E-state index in [9.17, 15) is 13.2 Å². The number of alkyl halides is 3. The van der Waals surface area contributed by atoms with Gasteiger partial charge in [0, 0.05) is 28.2 Å². The minimum Gasteiger partial charge on any atom is -0.386 e. The zero-order chi connectivity index (χ0) is 13.2. The van der Waals surface area contributed by atoms with Crippen molar-refractivity contribution in [3.63, 3.8) is 0 Å². The van der Waals surface area contributed by atoms with Crippen molar-refractivity contribution in [2.75, 3.05) is 38.5 Å². The topological polar surface area (TPSA) is 18.5 Å². The monoisotopic (exact) mass is 247 g/mol. The first-order valence-corrected chi connectivity index (χ1v) is 5.07. The Morgan fingerprint density at radius 3 is 2.12 bits per heavy atom. The molecule has 0 aromatic heterocycles. The number of nitrogens with one attached hydrogen (secondary N) is 1. The number of benzene rings is 1. The number of hydrogen-bond acceptors (Lipinski definition) is 3. The van der Waals surface area contributed by atoms with Gasteiger partial charge in [-0.2, -0.15) is 13.2 Å². The fraction of sp³-hybridized carbons (Fsp3) is 0.455. The predicted molar refractivity (Wildman–Crippen MR) is 63.1 cm³/mol. The molecule has 1 aromatic carbocycles. The summed E-state index contributed by atoms with van der Waals surface area (Å²) in [5.74, 6) is 0. The molecule has 6 heteroatoms. The summed E-state index contributed by atoms with van der Waals surface area (Å²) in [5.41, 5.74) is 0.472. The Balaban J connectivity index is 3.19. The molecule has 0 saturated heterocycles. The third-order valence-electron chi connectivity index (χ3n) is 2.54. The van der Waals surface area contributed by atoms with Crippen LogP contribution in [-0.4, -0.2) is 33.2 Å². The van der Waals surface area contributed by atoms with Gasteiger partial charge in [-0.3, -0.25) is 0 Å². The van der Waals surface area contributed by atoms with Crippen molar-refractivity contribution in [3.8, 4) is 0 Å². The Morgan fingerprint density at radius 1 is 1.12 bits per heavy atom. The van der Waals surface area contributed by atoms with Gasteiger partial charge >= 0.3 is 6.18 Å². The Morgan fingerprint density at radius 2 is 1.71 bits per heavy atom. The van der Waals surface area contributed by atoms with E-state index in [4.69, 9.17) is 0 Å². The van der Waals surface area contributed by atoms with Gasteiger partial charge in [0.1, 0.15) is 0 Å². The Labute approximate surface area is 98.8 Å². The van der Waals surface area contributed by atoms with Gasteiger partial charge in [-0.15, -0.1) is 0 Å². The smallest absolute Gasteiger partial charge is 0.386 e. The standard InChI is InChI=1S/C11H16F3N3/c1-15-9-7-8(11(12,13)14)5-6-10(9)17(4)16(2)3/h5-7,15H,1-4H3. The van der Waals surface area contributed by atoms with Gasteiger partial charge in [0.15, 0.2) is 0 Å². The number of hydrogen-bond donors (Lipinski definition) is 1. The van der Waals surface area contributed by atoms with Crippen LogP contribution in [-0.2, 0) is 6.18 Å². The molecule has 0 aliphatic carbocycles. The highest BCUT2D eigenvalue weighted by atomic mass is 19.4. The molecule has 0 radical (unpaired) electrons. The number of anilines is 2. The molecule has 3 nitrogen and oxygen atoms in total. The molecule has 0 heterocycles. The maximum atomic E-state index is 12.5. The van der Waals surface area contributed by atoms with Crippen molar-refractivity contribution >= 4 is 11.4 Å². The number of halogens is 3. The van der Waals surface area contributed by atoms with Gasteiger partial charge in [0.2, 0.25) is 0 Å².